The summed E-state index contributed by atoms with van der Waals surface area (Å²) < 4.78 is 2.08. The van der Waals surface area contributed by atoms with Gasteiger partial charge < -0.3 is 5.73 Å². The van der Waals surface area contributed by atoms with Gasteiger partial charge in [-0.25, -0.2) is 0 Å². The fourth-order valence-corrected chi connectivity index (χ4v) is 2.94. The minimum Gasteiger partial charge on any atom is -0.324 e. The molecule has 20 heavy (non-hydrogen) atoms. The molecule has 1 aromatic carbocycles. The molecule has 0 aliphatic heterocycles. The van der Waals surface area contributed by atoms with Crippen molar-refractivity contribution in [2.75, 3.05) is 0 Å². The molecule has 1 heterocycles. The summed E-state index contributed by atoms with van der Waals surface area (Å²) in [5.41, 5.74) is 13.5. The highest BCUT2D eigenvalue weighted by Gasteiger charge is 2.16. The van der Waals surface area contributed by atoms with E-state index < -0.39 is 0 Å². The first-order valence-electron chi connectivity index (χ1n) is 7.29. The molecule has 0 saturated heterocycles. The fourth-order valence-electron chi connectivity index (χ4n) is 2.94. The van der Waals surface area contributed by atoms with Crippen molar-refractivity contribution >= 4 is 0 Å². The van der Waals surface area contributed by atoms with Crippen LogP contribution >= 0.6 is 0 Å². The molecule has 108 valence electrons. The molecule has 2 N–H and O–H groups in total. The molecular weight excluding hydrogens is 246 g/mol. The first kappa shape index (κ1) is 14.8. The summed E-state index contributed by atoms with van der Waals surface area (Å²) >= 11 is 0. The zero-order valence-corrected chi connectivity index (χ0v) is 13.2. The Labute approximate surface area is 121 Å². The van der Waals surface area contributed by atoms with Crippen LogP contribution in [0.5, 0.6) is 0 Å². The van der Waals surface area contributed by atoms with Crippen LogP contribution in [0.15, 0.2) is 18.2 Å². The van der Waals surface area contributed by atoms with Gasteiger partial charge in [-0.05, 0) is 39.7 Å². The molecule has 0 amide bonds. The molecule has 0 radical (unpaired) electrons. The lowest BCUT2D eigenvalue weighted by molar-refractivity contribution is 0.649. The van der Waals surface area contributed by atoms with Gasteiger partial charge in [0.15, 0.2) is 0 Å². The molecule has 1 atom stereocenters. The van der Waals surface area contributed by atoms with Crippen molar-refractivity contribution in [2.24, 2.45) is 5.73 Å². The van der Waals surface area contributed by atoms with Crippen LogP contribution in [-0.4, -0.2) is 9.78 Å². The maximum absolute atomic E-state index is 6.20. The van der Waals surface area contributed by atoms with Crippen LogP contribution in [-0.2, 0) is 6.54 Å². The molecule has 1 unspecified atom stereocenters. The first-order chi connectivity index (χ1) is 9.42. The number of hydrogen-bond acceptors (Lipinski definition) is 2. The lowest BCUT2D eigenvalue weighted by Crippen LogP contribution is -2.11. The minimum absolute atomic E-state index is 0.0861. The maximum Gasteiger partial charge on any atom is 0.0662 e. The van der Waals surface area contributed by atoms with E-state index in [0.29, 0.717) is 0 Å². The Balaban J connectivity index is 2.35. The molecule has 3 heteroatoms. The number of rotatable bonds is 4. The van der Waals surface area contributed by atoms with E-state index in [1.807, 2.05) is 0 Å². The maximum atomic E-state index is 6.20. The van der Waals surface area contributed by atoms with Crippen LogP contribution in [0.25, 0.3) is 0 Å². The van der Waals surface area contributed by atoms with Crippen molar-refractivity contribution in [1.82, 2.24) is 9.78 Å². The Morgan fingerprint density at radius 3 is 2.25 bits per heavy atom. The van der Waals surface area contributed by atoms with Gasteiger partial charge in [-0.1, -0.05) is 36.2 Å². The van der Waals surface area contributed by atoms with Gasteiger partial charge in [-0.15, -0.1) is 0 Å². The standard InChI is InChI=1S/C17H25N3/c1-6-16(18)17-13(4)19-20(14(17)5)10-15-8-11(2)7-12(3)9-15/h7-9,16H,6,10,18H2,1-5H3. The number of nitrogens with zero attached hydrogens (tertiary/aromatic N) is 2. The van der Waals surface area contributed by atoms with Crippen molar-refractivity contribution in [2.45, 2.75) is 53.6 Å². The molecule has 2 rings (SSSR count). The van der Waals surface area contributed by atoms with Crippen LogP contribution in [0, 0.1) is 27.7 Å². The van der Waals surface area contributed by atoms with Gasteiger partial charge in [-0.2, -0.15) is 5.10 Å². The number of aryl methyl sites for hydroxylation is 3. The Kier molecular flexibility index (Phi) is 4.29. The summed E-state index contributed by atoms with van der Waals surface area (Å²) in [6, 6.07) is 6.73. The average Bonchev–Trinajstić information content (AvgIpc) is 2.62. The Morgan fingerprint density at radius 2 is 1.70 bits per heavy atom. The van der Waals surface area contributed by atoms with E-state index in [9.17, 15) is 0 Å². The second kappa shape index (κ2) is 5.80. The Morgan fingerprint density at radius 1 is 1.10 bits per heavy atom. The van der Waals surface area contributed by atoms with Crippen LogP contribution in [0.3, 0.4) is 0 Å². The highest BCUT2D eigenvalue weighted by atomic mass is 15.3. The molecule has 0 fully saturated rings. The molecule has 1 aromatic heterocycles. The number of hydrogen-bond donors (Lipinski definition) is 1. The highest BCUT2D eigenvalue weighted by Crippen LogP contribution is 2.23. The van der Waals surface area contributed by atoms with E-state index in [0.717, 1.165) is 18.7 Å². The Bertz CT molecular complexity index is 591. The lowest BCUT2D eigenvalue weighted by atomic mass is 10.0. The van der Waals surface area contributed by atoms with Gasteiger partial charge in [0.05, 0.1) is 12.2 Å². The summed E-state index contributed by atoms with van der Waals surface area (Å²) in [6.45, 7) is 11.4. The van der Waals surface area contributed by atoms with E-state index in [4.69, 9.17) is 5.73 Å². The van der Waals surface area contributed by atoms with Crippen LogP contribution < -0.4 is 5.73 Å². The van der Waals surface area contributed by atoms with Gasteiger partial charge in [0, 0.05) is 17.3 Å². The van der Waals surface area contributed by atoms with E-state index >= 15 is 0 Å². The molecule has 0 saturated carbocycles. The first-order valence-corrected chi connectivity index (χ1v) is 7.29. The topological polar surface area (TPSA) is 43.8 Å². The molecule has 0 bridgehead atoms. The largest absolute Gasteiger partial charge is 0.324 e. The molecule has 0 aliphatic carbocycles. The third-order valence-electron chi connectivity index (χ3n) is 3.86. The minimum atomic E-state index is 0.0861. The van der Waals surface area contributed by atoms with E-state index in [-0.39, 0.29) is 6.04 Å². The van der Waals surface area contributed by atoms with Gasteiger partial charge in [0.1, 0.15) is 0 Å². The zero-order chi connectivity index (χ0) is 14.9. The fraction of sp³-hybridized carbons (Fsp3) is 0.471. The van der Waals surface area contributed by atoms with Gasteiger partial charge in [-0.3, -0.25) is 4.68 Å². The van der Waals surface area contributed by atoms with Crippen molar-refractivity contribution in [1.29, 1.82) is 0 Å². The average molecular weight is 271 g/mol. The summed E-state index contributed by atoms with van der Waals surface area (Å²) in [5.74, 6) is 0. The third-order valence-corrected chi connectivity index (χ3v) is 3.86. The SMILES string of the molecule is CCC(N)c1c(C)nn(Cc2cc(C)cc(C)c2)c1C. The highest BCUT2D eigenvalue weighted by molar-refractivity contribution is 5.31. The quantitative estimate of drug-likeness (QED) is 0.923. The molecule has 0 aliphatic rings. The van der Waals surface area contributed by atoms with Gasteiger partial charge in [0.25, 0.3) is 0 Å². The molecule has 0 spiro atoms. The summed E-state index contributed by atoms with van der Waals surface area (Å²) in [6.07, 6.45) is 0.941. The monoisotopic (exact) mass is 271 g/mol. The molecule has 2 aromatic rings. The van der Waals surface area contributed by atoms with Crippen molar-refractivity contribution in [3.8, 4) is 0 Å². The zero-order valence-electron chi connectivity index (χ0n) is 13.2. The van der Waals surface area contributed by atoms with Crippen molar-refractivity contribution < 1.29 is 0 Å². The van der Waals surface area contributed by atoms with E-state index in [1.165, 1.54) is 27.9 Å². The second-order valence-electron chi connectivity index (χ2n) is 5.75. The number of aromatic nitrogens is 2. The van der Waals surface area contributed by atoms with E-state index in [1.54, 1.807) is 0 Å². The van der Waals surface area contributed by atoms with Gasteiger partial charge >= 0.3 is 0 Å². The van der Waals surface area contributed by atoms with Crippen LogP contribution in [0.1, 0.15) is 53.0 Å². The predicted octanol–water partition coefficient (Wildman–Crippen LogP) is 3.57. The summed E-state index contributed by atoms with van der Waals surface area (Å²) in [4.78, 5) is 0. The number of benzene rings is 1. The van der Waals surface area contributed by atoms with E-state index in [2.05, 4.69) is 62.6 Å². The summed E-state index contributed by atoms with van der Waals surface area (Å²) in [7, 11) is 0. The smallest absolute Gasteiger partial charge is 0.0662 e. The lowest BCUT2D eigenvalue weighted by Gasteiger charge is -2.11. The normalized spacial score (nSPS) is 12.7. The number of nitrogens with two attached hydrogens (primary N) is 1. The molecular formula is C17H25N3. The van der Waals surface area contributed by atoms with Crippen molar-refractivity contribution in [3.05, 3.63) is 51.8 Å². The van der Waals surface area contributed by atoms with Gasteiger partial charge in [0.2, 0.25) is 0 Å². The second-order valence-corrected chi connectivity index (χ2v) is 5.75. The van der Waals surface area contributed by atoms with Crippen molar-refractivity contribution in [3.63, 3.8) is 0 Å². The predicted molar refractivity (Wildman–Crippen MR) is 83.9 cm³/mol. The summed E-state index contributed by atoms with van der Waals surface area (Å²) in [5, 5.41) is 4.67. The molecule has 3 nitrogen and oxygen atoms in total. The third kappa shape index (κ3) is 2.93. The van der Waals surface area contributed by atoms with Crippen LogP contribution in [0.2, 0.25) is 0 Å². The Hall–Kier alpha value is -1.61. The van der Waals surface area contributed by atoms with Crippen LogP contribution in [0.4, 0.5) is 0 Å².